The Labute approximate surface area is 118 Å². The SMILES string of the molecule is COC1(CNCC(O)COCc2cccs2)CCC1. The normalized spacial score (nSPS) is 19.1. The van der Waals surface area contributed by atoms with Gasteiger partial charge in [-0.15, -0.1) is 11.3 Å². The van der Waals surface area contributed by atoms with Gasteiger partial charge in [0, 0.05) is 25.1 Å². The number of methoxy groups -OCH3 is 1. The quantitative estimate of drug-likeness (QED) is 0.726. The standard InChI is InChI=1S/C14H23NO3S/c1-17-14(5-3-6-14)11-15-8-12(16)9-18-10-13-4-2-7-19-13/h2,4,7,12,15-16H,3,5-6,8-11H2,1H3. The van der Waals surface area contributed by atoms with E-state index in [2.05, 4.69) is 5.32 Å². The van der Waals surface area contributed by atoms with Gasteiger partial charge >= 0.3 is 0 Å². The van der Waals surface area contributed by atoms with Crippen LogP contribution in [0.15, 0.2) is 17.5 Å². The minimum atomic E-state index is -0.464. The molecule has 108 valence electrons. The lowest BCUT2D eigenvalue weighted by atomic mass is 9.80. The van der Waals surface area contributed by atoms with Crippen LogP contribution in [0.2, 0.25) is 0 Å². The molecule has 1 aliphatic rings. The van der Waals surface area contributed by atoms with Crippen LogP contribution in [-0.2, 0) is 16.1 Å². The van der Waals surface area contributed by atoms with Crippen LogP contribution in [0.1, 0.15) is 24.1 Å². The van der Waals surface area contributed by atoms with Crippen molar-refractivity contribution in [1.82, 2.24) is 5.32 Å². The highest BCUT2D eigenvalue weighted by Crippen LogP contribution is 2.34. The van der Waals surface area contributed by atoms with E-state index < -0.39 is 6.10 Å². The molecule has 0 spiro atoms. The number of hydrogen-bond acceptors (Lipinski definition) is 5. The number of aliphatic hydroxyl groups excluding tert-OH is 1. The lowest BCUT2D eigenvalue weighted by Gasteiger charge is -2.40. The third-order valence-electron chi connectivity index (χ3n) is 3.66. The van der Waals surface area contributed by atoms with Gasteiger partial charge in [-0.25, -0.2) is 0 Å². The Morgan fingerprint density at radius 2 is 2.37 bits per heavy atom. The fraction of sp³-hybridized carbons (Fsp3) is 0.714. The van der Waals surface area contributed by atoms with Gasteiger partial charge in [-0.2, -0.15) is 0 Å². The molecule has 4 nitrogen and oxygen atoms in total. The van der Waals surface area contributed by atoms with E-state index in [0.717, 1.165) is 19.4 Å². The third-order valence-corrected chi connectivity index (χ3v) is 4.51. The van der Waals surface area contributed by atoms with E-state index in [1.807, 2.05) is 17.5 Å². The molecule has 0 saturated heterocycles. The molecule has 19 heavy (non-hydrogen) atoms. The first kappa shape index (κ1) is 14.9. The number of aliphatic hydroxyl groups is 1. The van der Waals surface area contributed by atoms with Gasteiger partial charge in [0.05, 0.1) is 24.9 Å². The maximum atomic E-state index is 9.81. The maximum Gasteiger partial charge on any atom is 0.0897 e. The summed E-state index contributed by atoms with van der Waals surface area (Å²) in [5.41, 5.74) is 0.0115. The molecule has 0 aromatic carbocycles. The number of ether oxygens (including phenoxy) is 2. The van der Waals surface area contributed by atoms with E-state index in [1.165, 1.54) is 11.3 Å². The molecular formula is C14H23NO3S. The second-order valence-electron chi connectivity index (χ2n) is 5.12. The van der Waals surface area contributed by atoms with Crippen LogP contribution in [0.3, 0.4) is 0 Å². The summed E-state index contributed by atoms with van der Waals surface area (Å²) in [6.07, 6.45) is 3.00. The summed E-state index contributed by atoms with van der Waals surface area (Å²) in [7, 11) is 1.77. The minimum Gasteiger partial charge on any atom is -0.389 e. The topological polar surface area (TPSA) is 50.7 Å². The maximum absolute atomic E-state index is 9.81. The van der Waals surface area contributed by atoms with Gasteiger partial charge in [-0.1, -0.05) is 6.07 Å². The van der Waals surface area contributed by atoms with Gasteiger partial charge in [0.15, 0.2) is 0 Å². The molecule has 1 aliphatic carbocycles. The smallest absolute Gasteiger partial charge is 0.0897 e. The van der Waals surface area contributed by atoms with Crippen LogP contribution in [-0.4, -0.2) is 43.6 Å². The van der Waals surface area contributed by atoms with E-state index in [1.54, 1.807) is 18.4 Å². The van der Waals surface area contributed by atoms with Crippen molar-refractivity contribution in [3.05, 3.63) is 22.4 Å². The van der Waals surface area contributed by atoms with Crippen LogP contribution >= 0.6 is 11.3 Å². The summed E-state index contributed by atoms with van der Waals surface area (Å²) >= 11 is 1.67. The highest BCUT2D eigenvalue weighted by molar-refractivity contribution is 7.09. The minimum absolute atomic E-state index is 0.0115. The average molecular weight is 285 g/mol. The highest BCUT2D eigenvalue weighted by atomic mass is 32.1. The Balaban J connectivity index is 1.53. The van der Waals surface area contributed by atoms with Gasteiger partial charge in [0.2, 0.25) is 0 Å². The van der Waals surface area contributed by atoms with Crippen LogP contribution in [0, 0.1) is 0 Å². The van der Waals surface area contributed by atoms with E-state index in [9.17, 15) is 5.11 Å². The Hall–Kier alpha value is -0.460. The van der Waals surface area contributed by atoms with E-state index in [4.69, 9.17) is 9.47 Å². The van der Waals surface area contributed by atoms with Crippen molar-refractivity contribution in [2.75, 3.05) is 26.8 Å². The van der Waals surface area contributed by atoms with Gasteiger partial charge in [-0.3, -0.25) is 0 Å². The van der Waals surface area contributed by atoms with Crippen molar-refractivity contribution >= 4 is 11.3 Å². The molecule has 2 N–H and O–H groups in total. The summed E-state index contributed by atoms with van der Waals surface area (Å²) in [5, 5.41) is 15.1. The molecule has 1 saturated carbocycles. The van der Waals surface area contributed by atoms with Gasteiger partial charge < -0.3 is 19.9 Å². The Bertz CT molecular complexity index is 346. The van der Waals surface area contributed by atoms with Crippen molar-refractivity contribution in [3.63, 3.8) is 0 Å². The van der Waals surface area contributed by atoms with Crippen LogP contribution in [0.5, 0.6) is 0 Å². The lowest BCUT2D eigenvalue weighted by Crippen LogP contribution is -2.49. The first-order chi connectivity index (χ1) is 9.24. The summed E-state index contributed by atoms with van der Waals surface area (Å²) in [5.74, 6) is 0. The molecule has 5 heteroatoms. The lowest BCUT2D eigenvalue weighted by molar-refractivity contribution is -0.0713. The molecule has 1 unspecified atom stereocenters. The zero-order valence-electron chi connectivity index (χ0n) is 11.4. The van der Waals surface area contributed by atoms with Gasteiger partial charge in [0.25, 0.3) is 0 Å². The highest BCUT2D eigenvalue weighted by Gasteiger charge is 2.36. The van der Waals surface area contributed by atoms with Crippen molar-refractivity contribution in [3.8, 4) is 0 Å². The van der Waals surface area contributed by atoms with E-state index in [0.29, 0.717) is 19.8 Å². The van der Waals surface area contributed by atoms with Gasteiger partial charge in [-0.05, 0) is 30.7 Å². The number of rotatable bonds is 9. The van der Waals surface area contributed by atoms with Gasteiger partial charge in [0.1, 0.15) is 0 Å². The second-order valence-corrected chi connectivity index (χ2v) is 6.15. The van der Waals surface area contributed by atoms with Crippen molar-refractivity contribution in [1.29, 1.82) is 0 Å². The van der Waals surface area contributed by atoms with E-state index >= 15 is 0 Å². The van der Waals surface area contributed by atoms with Crippen molar-refractivity contribution < 1.29 is 14.6 Å². The summed E-state index contributed by atoms with van der Waals surface area (Å²) in [6, 6.07) is 4.04. The number of thiophene rings is 1. The molecule has 1 aromatic heterocycles. The van der Waals surface area contributed by atoms with Crippen LogP contribution in [0.25, 0.3) is 0 Å². The molecule has 2 rings (SSSR count). The molecule has 1 aromatic rings. The largest absolute Gasteiger partial charge is 0.389 e. The predicted molar refractivity (Wildman–Crippen MR) is 76.4 cm³/mol. The zero-order valence-corrected chi connectivity index (χ0v) is 12.2. The fourth-order valence-electron chi connectivity index (χ4n) is 2.24. The van der Waals surface area contributed by atoms with Crippen LogP contribution < -0.4 is 5.32 Å². The zero-order chi connectivity index (χ0) is 13.6. The molecular weight excluding hydrogens is 262 g/mol. The summed E-state index contributed by atoms with van der Waals surface area (Å²) in [4.78, 5) is 1.19. The fourth-order valence-corrected chi connectivity index (χ4v) is 2.88. The molecule has 0 bridgehead atoms. The Morgan fingerprint density at radius 3 is 2.95 bits per heavy atom. The van der Waals surface area contributed by atoms with Crippen molar-refractivity contribution in [2.45, 2.75) is 37.6 Å². The summed E-state index contributed by atoms with van der Waals surface area (Å²) in [6.45, 7) is 2.31. The monoisotopic (exact) mass is 285 g/mol. The van der Waals surface area contributed by atoms with Crippen molar-refractivity contribution in [2.24, 2.45) is 0 Å². The molecule has 0 aliphatic heterocycles. The first-order valence-electron chi connectivity index (χ1n) is 6.78. The third kappa shape index (κ3) is 4.54. The number of hydrogen-bond donors (Lipinski definition) is 2. The van der Waals surface area contributed by atoms with Crippen LogP contribution in [0.4, 0.5) is 0 Å². The number of nitrogens with one attached hydrogen (secondary N) is 1. The first-order valence-corrected chi connectivity index (χ1v) is 7.66. The second kappa shape index (κ2) is 7.36. The summed E-state index contributed by atoms with van der Waals surface area (Å²) < 4.78 is 11.0. The van der Waals surface area contributed by atoms with E-state index in [-0.39, 0.29) is 5.60 Å². The molecule has 0 radical (unpaired) electrons. The molecule has 1 fully saturated rings. The molecule has 1 atom stereocenters. The predicted octanol–water partition coefficient (Wildman–Crippen LogP) is 1.78. The average Bonchev–Trinajstić information content (AvgIpc) is 2.86. The molecule has 0 amide bonds. The molecule has 1 heterocycles. The Kier molecular flexibility index (Phi) is 5.78. The Morgan fingerprint density at radius 1 is 1.53 bits per heavy atom.